The van der Waals surface area contributed by atoms with E-state index in [9.17, 15) is 4.79 Å². The van der Waals surface area contributed by atoms with Gasteiger partial charge in [-0.1, -0.05) is 6.07 Å². The fourth-order valence-corrected chi connectivity index (χ4v) is 3.07. The van der Waals surface area contributed by atoms with Crippen molar-refractivity contribution in [3.63, 3.8) is 0 Å². The Labute approximate surface area is 134 Å². The minimum absolute atomic E-state index is 0.167. The third-order valence-electron chi connectivity index (χ3n) is 3.77. The molecule has 1 N–H and O–H groups in total. The Hall–Kier alpha value is -2.01. The molecule has 0 bridgehead atoms. The lowest BCUT2D eigenvalue weighted by Crippen LogP contribution is -2.19. The first-order chi connectivity index (χ1) is 10.8. The number of amides is 1. The van der Waals surface area contributed by atoms with E-state index in [1.807, 2.05) is 42.7 Å². The smallest absolute Gasteiger partial charge is 0.274 e. The molecule has 5 heteroatoms. The Morgan fingerprint density at radius 1 is 1.23 bits per heavy atom. The fourth-order valence-electron chi connectivity index (χ4n) is 2.61. The van der Waals surface area contributed by atoms with Crippen molar-refractivity contribution in [1.82, 2.24) is 4.98 Å². The van der Waals surface area contributed by atoms with Gasteiger partial charge in [-0.15, -0.1) is 11.8 Å². The molecule has 1 saturated heterocycles. The number of aromatic nitrogens is 1. The van der Waals surface area contributed by atoms with E-state index < -0.39 is 0 Å². The molecule has 1 aliphatic rings. The van der Waals surface area contributed by atoms with E-state index in [1.54, 1.807) is 18.0 Å². The van der Waals surface area contributed by atoms with E-state index in [2.05, 4.69) is 15.2 Å². The zero-order valence-corrected chi connectivity index (χ0v) is 13.4. The van der Waals surface area contributed by atoms with Crippen LogP contribution in [0.1, 0.15) is 23.3 Å². The highest BCUT2D eigenvalue weighted by molar-refractivity contribution is 7.98. The average molecular weight is 313 g/mol. The Kier molecular flexibility index (Phi) is 4.63. The Bertz CT molecular complexity index is 668. The number of pyridine rings is 1. The first-order valence-electron chi connectivity index (χ1n) is 7.43. The highest BCUT2D eigenvalue weighted by Gasteiger charge is 2.15. The molecule has 1 aromatic heterocycles. The Morgan fingerprint density at radius 2 is 2.05 bits per heavy atom. The number of nitrogens with one attached hydrogen (secondary N) is 1. The highest BCUT2D eigenvalue weighted by Crippen LogP contribution is 2.22. The molecule has 0 radical (unpaired) electrons. The number of anilines is 2. The second-order valence-corrected chi connectivity index (χ2v) is 6.16. The maximum absolute atomic E-state index is 12.4. The summed E-state index contributed by atoms with van der Waals surface area (Å²) in [5, 5.41) is 2.92. The fraction of sp³-hybridized carbons (Fsp3) is 0.294. The van der Waals surface area contributed by atoms with Gasteiger partial charge in [-0.2, -0.15) is 0 Å². The second-order valence-electron chi connectivity index (χ2n) is 5.28. The van der Waals surface area contributed by atoms with Crippen molar-refractivity contribution in [3.8, 4) is 0 Å². The third-order valence-corrected chi connectivity index (χ3v) is 4.50. The minimum atomic E-state index is -0.167. The lowest BCUT2D eigenvalue weighted by atomic mass is 10.2. The van der Waals surface area contributed by atoms with E-state index in [0.29, 0.717) is 5.69 Å². The zero-order valence-electron chi connectivity index (χ0n) is 12.6. The predicted octanol–water partition coefficient (Wildman–Crippen LogP) is 3.66. The molecule has 0 spiro atoms. The molecule has 3 rings (SSSR count). The molecule has 22 heavy (non-hydrogen) atoms. The van der Waals surface area contributed by atoms with Crippen molar-refractivity contribution in [2.75, 3.05) is 29.6 Å². The molecule has 1 amide bonds. The summed E-state index contributed by atoms with van der Waals surface area (Å²) in [6.45, 7) is 2.11. The predicted molar refractivity (Wildman–Crippen MR) is 91.9 cm³/mol. The number of nitrogens with zero attached hydrogens (tertiary/aromatic N) is 2. The van der Waals surface area contributed by atoms with Crippen molar-refractivity contribution in [1.29, 1.82) is 0 Å². The van der Waals surface area contributed by atoms with Crippen molar-refractivity contribution >= 4 is 29.0 Å². The summed E-state index contributed by atoms with van der Waals surface area (Å²) in [6.07, 6.45) is 6.15. The standard InChI is InChI=1S/C17H19N3OS/c1-22-15-6-4-5-13(11-15)19-17(21)16-12-14(7-8-18-16)20-9-2-3-10-20/h4-8,11-12H,2-3,9-10H2,1H3,(H,19,21). The molecule has 0 aliphatic carbocycles. The lowest BCUT2D eigenvalue weighted by Gasteiger charge is -2.17. The molecular formula is C17H19N3OS. The van der Waals surface area contributed by atoms with E-state index >= 15 is 0 Å². The number of carbonyl (C=O) groups excluding carboxylic acids is 1. The number of rotatable bonds is 4. The summed E-state index contributed by atoms with van der Waals surface area (Å²) in [7, 11) is 0. The number of carbonyl (C=O) groups is 1. The van der Waals surface area contributed by atoms with Crippen LogP contribution >= 0.6 is 11.8 Å². The van der Waals surface area contributed by atoms with Crippen LogP contribution in [0.5, 0.6) is 0 Å². The number of hydrogen-bond donors (Lipinski definition) is 1. The summed E-state index contributed by atoms with van der Waals surface area (Å²) in [5.74, 6) is -0.167. The van der Waals surface area contributed by atoms with Crippen LogP contribution in [-0.4, -0.2) is 30.2 Å². The highest BCUT2D eigenvalue weighted by atomic mass is 32.2. The van der Waals surface area contributed by atoms with Crippen LogP contribution in [0, 0.1) is 0 Å². The van der Waals surface area contributed by atoms with Gasteiger partial charge in [0.25, 0.3) is 5.91 Å². The van der Waals surface area contributed by atoms with E-state index in [0.717, 1.165) is 29.4 Å². The van der Waals surface area contributed by atoms with Gasteiger partial charge in [0.05, 0.1) is 0 Å². The summed E-state index contributed by atoms with van der Waals surface area (Å²) in [6, 6.07) is 11.7. The van der Waals surface area contributed by atoms with Crippen molar-refractivity contribution in [2.45, 2.75) is 17.7 Å². The van der Waals surface area contributed by atoms with Crippen LogP contribution in [0.15, 0.2) is 47.5 Å². The zero-order chi connectivity index (χ0) is 15.4. The SMILES string of the molecule is CSc1cccc(NC(=O)c2cc(N3CCCC3)ccn2)c1. The van der Waals surface area contributed by atoms with Gasteiger partial charge in [0, 0.05) is 35.6 Å². The largest absolute Gasteiger partial charge is 0.371 e. The molecular weight excluding hydrogens is 294 g/mol. The normalized spacial score (nSPS) is 14.1. The maximum atomic E-state index is 12.4. The van der Waals surface area contributed by atoms with E-state index in [-0.39, 0.29) is 5.91 Å². The van der Waals surface area contributed by atoms with Crippen molar-refractivity contribution < 1.29 is 4.79 Å². The molecule has 2 aromatic rings. The quantitative estimate of drug-likeness (QED) is 0.875. The molecule has 4 nitrogen and oxygen atoms in total. The monoisotopic (exact) mass is 313 g/mol. The average Bonchev–Trinajstić information content (AvgIpc) is 3.09. The topological polar surface area (TPSA) is 45.2 Å². The van der Waals surface area contributed by atoms with Crippen LogP contribution < -0.4 is 10.2 Å². The molecule has 0 unspecified atom stereocenters. The van der Waals surface area contributed by atoms with Gasteiger partial charge in [-0.25, -0.2) is 0 Å². The van der Waals surface area contributed by atoms with Crippen molar-refractivity contribution in [2.24, 2.45) is 0 Å². The molecule has 0 atom stereocenters. The van der Waals surface area contributed by atoms with Gasteiger partial charge in [0.2, 0.25) is 0 Å². The summed E-state index contributed by atoms with van der Waals surface area (Å²) < 4.78 is 0. The van der Waals surface area contributed by atoms with Gasteiger partial charge in [-0.3, -0.25) is 9.78 Å². The molecule has 2 heterocycles. The van der Waals surface area contributed by atoms with E-state index in [4.69, 9.17) is 0 Å². The van der Waals surface area contributed by atoms with Crippen LogP contribution in [0.4, 0.5) is 11.4 Å². The molecule has 0 saturated carbocycles. The molecule has 1 fully saturated rings. The van der Waals surface area contributed by atoms with Gasteiger partial charge in [0.15, 0.2) is 0 Å². The molecule has 1 aromatic carbocycles. The van der Waals surface area contributed by atoms with Crippen LogP contribution in [0.25, 0.3) is 0 Å². The number of thioether (sulfide) groups is 1. The van der Waals surface area contributed by atoms with Gasteiger partial charge < -0.3 is 10.2 Å². The summed E-state index contributed by atoms with van der Waals surface area (Å²) in [4.78, 5) is 20.0. The van der Waals surface area contributed by atoms with Crippen LogP contribution in [0.2, 0.25) is 0 Å². The maximum Gasteiger partial charge on any atom is 0.274 e. The first kappa shape index (κ1) is 14.9. The van der Waals surface area contributed by atoms with Crippen molar-refractivity contribution in [3.05, 3.63) is 48.3 Å². The van der Waals surface area contributed by atoms with Gasteiger partial charge in [-0.05, 0) is 49.4 Å². The third kappa shape index (κ3) is 3.42. The lowest BCUT2D eigenvalue weighted by molar-refractivity contribution is 0.102. The number of hydrogen-bond acceptors (Lipinski definition) is 4. The van der Waals surface area contributed by atoms with Gasteiger partial charge >= 0.3 is 0 Å². The number of benzene rings is 1. The van der Waals surface area contributed by atoms with Crippen LogP contribution in [0.3, 0.4) is 0 Å². The van der Waals surface area contributed by atoms with Crippen LogP contribution in [-0.2, 0) is 0 Å². The van der Waals surface area contributed by atoms with E-state index in [1.165, 1.54) is 12.8 Å². The second kappa shape index (κ2) is 6.83. The Morgan fingerprint density at radius 3 is 2.82 bits per heavy atom. The van der Waals surface area contributed by atoms with Gasteiger partial charge in [0.1, 0.15) is 5.69 Å². The summed E-state index contributed by atoms with van der Waals surface area (Å²) in [5.41, 5.74) is 2.33. The first-order valence-corrected chi connectivity index (χ1v) is 8.65. The minimum Gasteiger partial charge on any atom is -0.371 e. The Balaban J connectivity index is 1.75. The summed E-state index contributed by atoms with van der Waals surface area (Å²) >= 11 is 1.65. The molecule has 114 valence electrons. The molecule has 1 aliphatic heterocycles.